The molecule has 0 fully saturated rings. The highest BCUT2D eigenvalue weighted by Gasteiger charge is 2.47. The van der Waals surface area contributed by atoms with Gasteiger partial charge in [0.15, 0.2) is 5.82 Å². The number of benzene rings is 12. The highest BCUT2D eigenvalue weighted by molar-refractivity contribution is 6.17. The Kier molecular flexibility index (Phi) is 15.8. The number of phenols is 1. The second-order valence-corrected chi connectivity index (χ2v) is 32.8. The summed E-state index contributed by atoms with van der Waals surface area (Å²) in [5, 5.41) is 14.2. The topological polar surface area (TPSA) is 64.1 Å². The molecular formula is C98H89N3O2. The van der Waals surface area contributed by atoms with Crippen LogP contribution in [0.2, 0.25) is 0 Å². The Balaban J connectivity index is 1.11. The van der Waals surface area contributed by atoms with Crippen LogP contribution in [0.25, 0.3) is 150 Å². The number of para-hydroxylation sites is 2. The molecule has 3 heterocycles. The normalized spacial score (nSPS) is 13.6. The summed E-state index contributed by atoms with van der Waals surface area (Å²) in [6.45, 7) is 34.4. The van der Waals surface area contributed by atoms with E-state index in [2.05, 4.69) is 357 Å². The van der Waals surface area contributed by atoms with Gasteiger partial charge in [-0.15, -0.1) is 0 Å². The van der Waals surface area contributed by atoms with Crippen LogP contribution in [0.3, 0.4) is 0 Å². The van der Waals surface area contributed by atoms with E-state index in [4.69, 9.17) is 14.4 Å². The summed E-state index contributed by atoms with van der Waals surface area (Å²) in [4.78, 5) is 12.1. The van der Waals surface area contributed by atoms with Crippen LogP contribution in [0.5, 0.6) is 5.75 Å². The van der Waals surface area contributed by atoms with Crippen LogP contribution in [0.15, 0.2) is 265 Å². The maximum Gasteiger partial charge on any atom is 0.164 e. The Bertz CT molecular complexity index is 5870. The van der Waals surface area contributed by atoms with Crippen molar-refractivity contribution in [2.75, 3.05) is 0 Å². The molecule has 1 aliphatic carbocycles. The van der Waals surface area contributed by atoms with Gasteiger partial charge in [0.05, 0.1) is 22.4 Å². The maximum atomic E-state index is 12.2. The first-order valence-electron chi connectivity index (χ1n) is 36.4. The van der Waals surface area contributed by atoms with Gasteiger partial charge in [0.1, 0.15) is 22.6 Å². The predicted octanol–water partition coefficient (Wildman–Crippen LogP) is 26.8. The molecule has 0 amide bonds. The number of rotatable bonds is 10. The Hall–Kier alpha value is -11.1. The third-order valence-corrected chi connectivity index (χ3v) is 22.6. The third kappa shape index (κ3) is 11.2. The number of furan rings is 1. The van der Waals surface area contributed by atoms with Crippen molar-refractivity contribution in [2.24, 2.45) is 0 Å². The van der Waals surface area contributed by atoms with Crippen LogP contribution in [-0.4, -0.2) is 19.6 Å². The van der Waals surface area contributed by atoms with Crippen molar-refractivity contribution in [3.63, 3.8) is 0 Å². The SMILES string of the molecule is Cc1cccc(C)c1-n1c(-c2ccc3c(n2)-c2c(O)cccc2C(C)(C)C3(C)C)nc2c(-c3cc(-c4c(-c5ccccc5)cccc4-c4cccc(C(C)(C)C)c4)c4oc5ccccc5c4c3)c(-c3c(-c4cccc(C(C)(C)C)c4)cccc3-c3cc(-c4ccccc4)cc(C(C)(C)C)c3)ccc21. The van der Waals surface area contributed by atoms with E-state index in [1.807, 2.05) is 6.07 Å². The van der Waals surface area contributed by atoms with E-state index < -0.39 is 0 Å². The first-order chi connectivity index (χ1) is 49.2. The molecule has 16 rings (SSSR count). The van der Waals surface area contributed by atoms with E-state index in [9.17, 15) is 5.11 Å². The number of pyridine rings is 1. The number of aromatic hydroxyl groups is 1. The molecule has 0 atom stereocenters. The zero-order chi connectivity index (χ0) is 71.8. The van der Waals surface area contributed by atoms with Crippen molar-refractivity contribution in [2.45, 2.75) is 131 Å². The van der Waals surface area contributed by atoms with Gasteiger partial charge in [-0.3, -0.25) is 4.57 Å². The molecule has 3 aromatic heterocycles. The predicted molar refractivity (Wildman–Crippen MR) is 434 cm³/mol. The first-order valence-corrected chi connectivity index (χ1v) is 36.4. The number of fused-ring (bicyclic) bond motifs is 7. The largest absolute Gasteiger partial charge is 0.507 e. The quantitative estimate of drug-likeness (QED) is 0.148. The molecule has 0 aliphatic heterocycles. The first kappa shape index (κ1) is 66.4. The number of hydrogen-bond acceptors (Lipinski definition) is 4. The van der Waals surface area contributed by atoms with Gasteiger partial charge in [0.2, 0.25) is 0 Å². The molecule has 0 spiro atoms. The van der Waals surface area contributed by atoms with Crippen LogP contribution in [0.1, 0.15) is 129 Å². The third-order valence-electron chi connectivity index (χ3n) is 22.6. The zero-order valence-corrected chi connectivity index (χ0v) is 62.0. The van der Waals surface area contributed by atoms with Gasteiger partial charge in [-0.25, -0.2) is 9.97 Å². The lowest BCUT2D eigenvalue weighted by molar-refractivity contribution is 0.296. The molecule has 0 saturated carbocycles. The summed E-state index contributed by atoms with van der Waals surface area (Å²) < 4.78 is 9.77. The number of hydrogen-bond donors (Lipinski definition) is 1. The number of nitrogens with zero attached hydrogens (tertiary/aromatic N) is 3. The van der Waals surface area contributed by atoms with Gasteiger partial charge in [0.25, 0.3) is 0 Å². The average molecular weight is 1340 g/mol. The fraction of sp³-hybridized carbons (Fsp3) is 0.204. The minimum absolute atomic E-state index is 0.109. The van der Waals surface area contributed by atoms with Gasteiger partial charge in [-0.1, -0.05) is 308 Å². The lowest BCUT2D eigenvalue weighted by atomic mass is 9.56. The minimum atomic E-state index is -0.364. The van der Waals surface area contributed by atoms with E-state index in [0.717, 1.165) is 161 Å². The number of aryl methyl sites for hydroxylation is 2. The molecule has 5 heteroatoms. The van der Waals surface area contributed by atoms with Crippen molar-refractivity contribution >= 4 is 33.0 Å². The lowest BCUT2D eigenvalue weighted by Crippen LogP contribution is -2.43. The summed E-state index contributed by atoms with van der Waals surface area (Å²) in [5.74, 6) is 0.904. The maximum absolute atomic E-state index is 12.2. The highest BCUT2D eigenvalue weighted by atomic mass is 16.3. The second kappa shape index (κ2) is 24.6. The molecule has 15 aromatic rings. The van der Waals surface area contributed by atoms with Gasteiger partial charge in [-0.2, -0.15) is 0 Å². The zero-order valence-electron chi connectivity index (χ0n) is 62.0. The van der Waals surface area contributed by atoms with E-state index in [1.165, 1.54) is 16.7 Å². The summed E-state index contributed by atoms with van der Waals surface area (Å²) in [6.07, 6.45) is 0. The second-order valence-electron chi connectivity index (χ2n) is 32.8. The summed E-state index contributed by atoms with van der Waals surface area (Å²) >= 11 is 0. The standard InChI is InChI=1S/C98H89N3O2/c1-59-30-24-31-60(2)91(59)101-82-51-48-76(86-72(63-36-25-38-68(53-63)94(3,4)5)42-28-44-74(86)66-52-65(61-32-18-16-19-33-61)55-70(56-66)96(9,10)11)85(90(82)100-93(101)81-50-49-80-89(99-81)88-79(45-29-46-83(88)102)97(12,13)98(80,14)15)67-57-77-75-40-22-23-47-84(75)103-92(77)78(58-67)87-71(62-34-20-17-21-35-62)41-27-43-73(87)64-37-26-39-69(54-64)95(6,7)8/h16-58,102H,1-15H3. The fourth-order valence-electron chi connectivity index (χ4n) is 16.2. The molecule has 103 heavy (non-hydrogen) atoms. The van der Waals surface area contributed by atoms with Gasteiger partial charge in [0, 0.05) is 38.4 Å². The van der Waals surface area contributed by atoms with Crippen LogP contribution in [-0.2, 0) is 27.1 Å². The van der Waals surface area contributed by atoms with E-state index in [1.54, 1.807) is 6.07 Å². The van der Waals surface area contributed by atoms with Gasteiger partial charge in [-0.05, 0) is 189 Å². The van der Waals surface area contributed by atoms with Crippen molar-refractivity contribution in [1.29, 1.82) is 0 Å². The van der Waals surface area contributed by atoms with E-state index >= 15 is 0 Å². The Morgan fingerprint density at radius 3 is 1.50 bits per heavy atom. The Labute approximate surface area is 607 Å². The fourth-order valence-corrected chi connectivity index (χ4v) is 16.2. The molecule has 0 saturated heterocycles. The monoisotopic (exact) mass is 1340 g/mol. The van der Waals surface area contributed by atoms with Crippen LogP contribution in [0, 0.1) is 13.8 Å². The van der Waals surface area contributed by atoms with Crippen molar-refractivity contribution < 1.29 is 9.52 Å². The van der Waals surface area contributed by atoms with Crippen LogP contribution in [0.4, 0.5) is 0 Å². The molecule has 1 N–H and O–H groups in total. The number of phenolic OH excluding ortho intramolecular Hbond substituents is 1. The van der Waals surface area contributed by atoms with Gasteiger partial charge >= 0.3 is 0 Å². The van der Waals surface area contributed by atoms with Crippen molar-refractivity contribution in [1.82, 2.24) is 14.5 Å². The lowest BCUT2D eigenvalue weighted by Gasteiger charge is -2.47. The van der Waals surface area contributed by atoms with E-state index in [0.29, 0.717) is 11.5 Å². The molecule has 0 radical (unpaired) electrons. The molecular weight excluding hydrogens is 1250 g/mol. The summed E-state index contributed by atoms with van der Waals surface area (Å²) in [5.41, 5.74) is 30.8. The number of aromatic nitrogens is 3. The smallest absolute Gasteiger partial charge is 0.164 e. The van der Waals surface area contributed by atoms with Gasteiger partial charge < -0.3 is 9.52 Å². The average Bonchev–Trinajstić information content (AvgIpc) is 1.63. The molecule has 0 unspecified atom stereocenters. The molecule has 12 aromatic carbocycles. The van der Waals surface area contributed by atoms with Crippen molar-refractivity contribution in [3.8, 4) is 123 Å². The van der Waals surface area contributed by atoms with Crippen molar-refractivity contribution in [3.05, 3.63) is 300 Å². The van der Waals surface area contributed by atoms with Crippen LogP contribution < -0.4 is 0 Å². The van der Waals surface area contributed by atoms with Crippen LogP contribution >= 0.6 is 0 Å². The summed E-state index contributed by atoms with van der Waals surface area (Å²) in [7, 11) is 0. The molecule has 508 valence electrons. The highest BCUT2D eigenvalue weighted by Crippen LogP contribution is 2.57. The Morgan fingerprint density at radius 2 is 0.874 bits per heavy atom. The summed E-state index contributed by atoms with van der Waals surface area (Å²) in [6, 6.07) is 96.0. The molecule has 1 aliphatic rings. The molecule has 5 nitrogen and oxygen atoms in total. The minimum Gasteiger partial charge on any atom is -0.507 e. The molecule has 0 bridgehead atoms. The Morgan fingerprint density at radius 1 is 0.359 bits per heavy atom. The van der Waals surface area contributed by atoms with E-state index in [-0.39, 0.29) is 32.8 Å². The number of imidazole rings is 1.